The second-order valence-corrected chi connectivity index (χ2v) is 4.75. The van der Waals surface area contributed by atoms with Gasteiger partial charge in [0.05, 0.1) is 11.3 Å². The summed E-state index contributed by atoms with van der Waals surface area (Å²) in [7, 11) is 0. The first-order chi connectivity index (χ1) is 9.63. The van der Waals surface area contributed by atoms with E-state index in [0.717, 1.165) is 4.47 Å². The molecule has 2 rings (SSSR count). The van der Waals surface area contributed by atoms with Gasteiger partial charge in [0.1, 0.15) is 11.9 Å². The van der Waals surface area contributed by atoms with Crippen LogP contribution in [0.15, 0.2) is 41.0 Å². The van der Waals surface area contributed by atoms with Crippen LogP contribution in [0.3, 0.4) is 0 Å². The maximum absolute atomic E-state index is 12.1. The Hall–Kier alpha value is -2.43. The number of nitrogens with one attached hydrogen (secondary N) is 2. The lowest BCUT2D eigenvalue weighted by Gasteiger charge is -2.08. The Bertz CT molecular complexity index is 695. The molecule has 6 nitrogen and oxygen atoms in total. The zero-order chi connectivity index (χ0) is 14.5. The molecule has 100 valence electrons. The number of nitrogens with two attached hydrogens (primary N) is 1. The second kappa shape index (κ2) is 6.14. The van der Waals surface area contributed by atoms with Crippen molar-refractivity contribution in [3.05, 3.63) is 52.1 Å². The number of carbonyl (C=O) groups excluding carboxylic acids is 1. The van der Waals surface area contributed by atoms with Crippen molar-refractivity contribution in [2.24, 2.45) is 5.84 Å². The van der Waals surface area contributed by atoms with Gasteiger partial charge < -0.3 is 10.7 Å². The van der Waals surface area contributed by atoms with Crippen molar-refractivity contribution >= 4 is 33.3 Å². The quantitative estimate of drug-likeness (QED) is 0.591. The number of anilines is 2. The minimum absolute atomic E-state index is 0.345. The summed E-state index contributed by atoms with van der Waals surface area (Å²) in [6.45, 7) is 0. The van der Waals surface area contributed by atoms with E-state index in [1.165, 1.54) is 12.3 Å². The molecule has 20 heavy (non-hydrogen) atoms. The van der Waals surface area contributed by atoms with Crippen LogP contribution in [-0.2, 0) is 0 Å². The first-order valence-electron chi connectivity index (χ1n) is 5.57. The van der Waals surface area contributed by atoms with E-state index in [1.807, 2.05) is 6.07 Å². The topological polar surface area (TPSA) is 104 Å². The van der Waals surface area contributed by atoms with Crippen LogP contribution in [0.5, 0.6) is 0 Å². The number of hydrogen-bond acceptors (Lipinski definition) is 5. The predicted molar refractivity (Wildman–Crippen MR) is 78.9 cm³/mol. The van der Waals surface area contributed by atoms with Gasteiger partial charge in [0.2, 0.25) is 0 Å². The highest BCUT2D eigenvalue weighted by molar-refractivity contribution is 9.10. The smallest absolute Gasteiger partial charge is 0.255 e. The van der Waals surface area contributed by atoms with E-state index in [-0.39, 0.29) is 5.91 Å². The molecule has 7 heteroatoms. The number of halogens is 1. The third kappa shape index (κ3) is 3.12. The predicted octanol–water partition coefficient (Wildman–Crippen LogP) is 2.25. The molecule has 4 N–H and O–H groups in total. The minimum Gasteiger partial charge on any atom is -0.321 e. The molecule has 0 atom stereocenters. The minimum atomic E-state index is -0.345. The molecular formula is C13H10BrN5O. The van der Waals surface area contributed by atoms with E-state index in [1.54, 1.807) is 24.3 Å². The largest absolute Gasteiger partial charge is 0.321 e. The highest BCUT2D eigenvalue weighted by Crippen LogP contribution is 2.21. The summed E-state index contributed by atoms with van der Waals surface area (Å²) >= 11 is 3.27. The third-order valence-electron chi connectivity index (χ3n) is 2.52. The lowest BCUT2D eigenvalue weighted by atomic mass is 10.2. The third-order valence-corrected chi connectivity index (χ3v) is 3.01. The van der Waals surface area contributed by atoms with Gasteiger partial charge in [-0.05, 0) is 30.3 Å². The van der Waals surface area contributed by atoms with Gasteiger partial charge in [-0.1, -0.05) is 15.9 Å². The number of nitrogen functional groups attached to an aromatic ring is 1. The van der Waals surface area contributed by atoms with Crippen LogP contribution in [-0.4, -0.2) is 10.9 Å². The van der Waals surface area contributed by atoms with Gasteiger partial charge in [0.15, 0.2) is 0 Å². The Balaban J connectivity index is 2.26. The first kappa shape index (κ1) is 14.0. The SMILES string of the molecule is N#Cc1cc(Br)ccc1NC(=O)c1ccnc(NN)c1. The Kier molecular flexibility index (Phi) is 4.30. The molecule has 1 aromatic carbocycles. The fraction of sp³-hybridized carbons (Fsp3) is 0. The van der Waals surface area contributed by atoms with Crippen LogP contribution >= 0.6 is 15.9 Å². The van der Waals surface area contributed by atoms with E-state index >= 15 is 0 Å². The number of nitrogens with zero attached hydrogens (tertiary/aromatic N) is 2. The number of rotatable bonds is 3. The molecule has 0 saturated heterocycles. The summed E-state index contributed by atoms with van der Waals surface area (Å²) in [6, 6.07) is 10.1. The summed E-state index contributed by atoms with van der Waals surface area (Å²) in [5.74, 6) is 5.28. The molecule has 0 unspecified atom stereocenters. The molecule has 0 fully saturated rings. The molecule has 0 spiro atoms. The van der Waals surface area contributed by atoms with Crippen LogP contribution in [0.4, 0.5) is 11.5 Å². The summed E-state index contributed by atoms with van der Waals surface area (Å²) in [5, 5.41) is 11.7. The molecule has 0 aliphatic rings. The lowest BCUT2D eigenvalue weighted by molar-refractivity contribution is 0.102. The van der Waals surface area contributed by atoms with Gasteiger partial charge in [-0.15, -0.1) is 0 Å². The number of nitriles is 1. The fourth-order valence-electron chi connectivity index (χ4n) is 1.56. The molecule has 2 aromatic rings. The Morgan fingerprint density at radius 3 is 2.85 bits per heavy atom. The Morgan fingerprint density at radius 2 is 2.15 bits per heavy atom. The molecule has 0 aliphatic carbocycles. The number of hydrogen-bond donors (Lipinski definition) is 3. The van der Waals surface area contributed by atoms with Crippen molar-refractivity contribution in [3.8, 4) is 6.07 Å². The van der Waals surface area contributed by atoms with E-state index in [9.17, 15) is 4.79 Å². The number of pyridine rings is 1. The van der Waals surface area contributed by atoms with Crippen molar-refractivity contribution in [2.75, 3.05) is 10.7 Å². The first-order valence-corrected chi connectivity index (χ1v) is 6.37. The number of hydrazine groups is 1. The molecule has 0 radical (unpaired) electrons. The Labute approximate surface area is 123 Å². The average molecular weight is 332 g/mol. The number of benzene rings is 1. The normalized spacial score (nSPS) is 9.65. The van der Waals surface area contributed by atoms with E-state index < -0.39 is 0 Å². The van der Waals surface area contributed by atoms with Gasteiger partial charge in [-0.3, -0.25) is 4.79 Å². The van der Waals surface area contributed by atoms with Crippen molar-refractivity contribution in [1.82, 2.24) is 4.98 Å². The molecule has 1 aromatic heterocycles. The van der Waals surface area contributed by atoms with Crippen LogP contribution in [0.1, 0.15) is 15.9 Å². The zero-order valence-electron chi connectivity index (χ0n) is 10.2. The molecule has 0 bridgehead atoms. The molecule has 0 aliphatic heterocycles. The van der Waals surface area contributed by atoms with Crippen molar-refractivity contribution in [3.63, 3.8) is 0 Å². The van der Waals surface area contributed by atoms with Crippen LogP contribution in [0, 0.1) is 11.3 Å². The Morgan fingerprint density at radius 1 is 1.35 bits per heavy atom. The van der Waals surface area contributed by atoms with Gasteiger partial charge in [0.25, 0.3) is 5.91 Å². The van der Waals surface area contributed by atoms with Gasteiger partial charge >= 0.3 is 0 Å². The fourth-order valence-corrected chi connectivity index (χ4v) is 1.92. The maximum Gasteiger partial charge on any atom is 0.255 e. The second-order valence-electron chi connectivity index (χ2n) is 3.83. The van der Waals surface area contributed by atoms with Crippen molar-refractivity contribution < 1.29 is 4.79 Å². The van der Waals surface area contributed by atoms with Gasteiger partial charge in [-0.25, -0.2) is 10.8 Å². The van der Waals surface area contributed by atoms with Crippen molar-refractivity contribution in [2.45, 2.75) is 0 Å². The molecule has 1 amide bonds. The molecular weight excluding hydrogens is 322 g/mol. The zero-order valence-corrected chi connectivity index (χ0v) is 11.8. The maximum atomic E-state index is 12.1. The average Bonchev–Trinajstić information content (AvgIpc) is 2.49. The highest BCUT2D eigenvalue weighted by atomic mass is 79.9. The summed E-state index contributed by atoms with van der Waals surface area (Å²) in [4.78, 5) is 16.0. The summed E-state index contributed by atoms with van der Waals surface area (Å²) in [6.07, 6.45) is 1.47. The van der Waals surface area contributed by atoms with E-state index in [4.69, 9.17) is 11.1 Å². The van der Waals surface area contributed by atoms with E-state index in [2.05, 4.69) is 31.7 Å². The van der Waals surface area contributed by atoms with E-state index in [0.29, 0.717) is 22.6 Å². The molecule has 0 saturated carbocycles. The van der Waals surface area contributed by atoms with Gasteiger partial charge in [0, 0.05) is 16.2 Å². The van der Waals surface area contributed by atoms with Crippen LogP contribution < -0.4 is 16.6 Å². The van der Waals surface area contributed by atoms with Crippen LogP contribution in [0.2, 0.25) is 0 Å². The van der Waals surface area contributed by atoms with Crippen molar-refractivity contribution in [1.29, 1.82) is 5.26 Å². The molecule has 1 heterocycles. The number of carbonyl (C=O) groups is 1. The standard InChI is InChI=1S/C13H10BrN5O/c14-10-1-2-11(9(5-10)7-15)18-13(20)8-3-4-17-12(6-8)19-16/h1-6H,16H2,(H,17,19)(H,18,20). The summed E-state index contributed by atoms with van der Waals surface area (Å²) < 4.78 is 0.769. The van der Waals surface area contributed by atoms with Crippen LogP contribution in [0.25, 0.3) is 0 Å². The highest BCUT2D eigenvalue weighted by Gasteiger charge is 2.10. The lowest BCUT2D eigenvalue weighted by Crippen LogP contribution is -2.15. The van der Waals surface area contributed by atoms with Gasteiger partial charge in [-0.2, -0.15) is 5.26 Å². The monoisotopic (exact) mass is 331 g/mol. The number of aromatic nitrogens is 1. The summed E-state index contributed by atoms with van der Waals surface area (Å²) in [5.41, 5.74) is 3.57. The number of amides is 1.